The number of carbonyl (C=O) groups is 4. The van der Waals surface area contributed by atoms with E-state index in [1.165, 1.54) is 11.3 Å². The van der Waals surface area contributed by atoms with Gasteiger partial charge in [0.15, 0.2) is 6.61 Å². The fourth-order valence-corrected chi connectivity index (χ4v) is 6.82. The van der Waals surface area contributed by atoms with E-state index in [1.54, 1.807) is 40.7 Å². The van der Waals surface area contributed by atoms with Crippen molar-refractivity contribution in [1.29, 1.82) is 0 Å². The number of hydrogen-bond acceptors (Lipinski definition) is 10. The first-order chi connectivity index (χ1) is 27.8. The van der Waals surface area contributed by atoms with Gasteiger partial charge >= 0.3 is 18.0 Å². The largest absolute Gasteiger partial charge is 0.489 e. The molecule has 2 amide bonds. The number of nitrogens with one attached hydrogen (secondary N) is 3. The Labute approximate surface area is 342 Å². The van der Waals surface area contributed by atoms with Gasteiger partial charge < -0.3 is 34.6 Å². The van der Waals surface area contributed by atoms with Gasteiger partial charge in [0.1, 0.15) is 29.0 Å². The molecule has 2 atom stereocenters. The normalized spacial score (nSPS) is 13.0. The van der Waals surface area contributed by atoms with Crippen molar-refractivity contribution in [1.82, 2.24) is 20.6 Å². The lowest BCUT2D eigenvalue weighted by atomic mass is 10.0. The maximum atomic E-state index is 14.3. The molecule has 0 aliphatic rings. The van der Waals surface area contributed by atoms with Crippen molar-refractivity contribution in [2.75, 3.05) is 13.2 Å². The Kier molecular flexibility index (Phi) is 15.0. The molecule has 0 radical (unpaired) electrons. The minimum absolute atomic E-state index is 0.193. The van der Waals surface area contributed by atoms with Crippen molar-refractivity contribution in [3.63, 3.8) is 0 Å². The lowest BCUT2D eigenvalue weighted by molar-refractivity contribution is -0.156. The topological polar surface area (TPSA) is 158 Å². The van der Waals surface area contributed by atoms with E-state index in [4.69, 9.17) is 23.9 Å². The highest BCUT2D eigenvalue weighted by molar-refractivity contribution is 7.09. The Morgan fingerprint density at radius 1 is 0.879 bits per heavy atom. The molecule has 3 aromatic carbocycles. The zero-order valence-electron chi connectivity index (χ0n) is 33.6. The average Bonchev–Trinajstić information content (AvgIpc) is 3.83. The van der Waals surface area contributed by atoms with Crippen LogP contribution >= 0.6 is 11.3 Å². The number of para-hydroxylation sites is 1. The molecule has 0 fully saturated rings. The van der Waals surface area contributed by atoms with Gasteiger partial charge in [-0.05, 0) is 101 Å². The summed E-state index contributed by atoms with van der Waals surface area (Å²) < 4.78 is 21.4. The lowest BCUT2D eigenvalue weighted by Gasteiger charge is -2.25. The SMILES string of the molecule is CCOC(=O)COC(=O)/C(C)=C\C(C)=C\c1csc([C@H](Cc2ccc(OCc3ccccc3)cc2)NC(=O)[C@H](Cc2c[nH]c3ccccc23)NC(=O)OC(C)(C)C)n1. The van der Waals surface area contributed by atoms with Crippen molar-refractivity contribution in [3.05, 3.63) is 135 Å². The fourth-order valence-electron chi connectivity index (χ4n) is 5.99. The van der Waals surface area contributed by atoms with Gasteiger partial charge in [0.25, 0.3) is 0 Å². The number of aromatic nitrogens is 2. The lowest BCUT2D eigenvalue weighted by Crippen LogP contribution is -2.50. The van der Waals surface area contributed by atoms with Crippen LogP contribution in [-0.2, 0) is 48.0 Å². The van der Waals surface area contributed by atoms with Crippen LogP contribution in [0, 0.1) is 0 Å². The van der Waals surface area contributed by atoms with Gasteiger partial charge in [-0.25, -0.2) is 19.4 Å². The molecule has 0 aliphatic heterocycles. The van der Waals surface area contributed by atoms with Gasteiger partial charge in [-0.2, -0.15) is 0 Å². The number of carbonyl (C=O) groups excluding carboxylic acids is 4. The van der Waals surface area contributed by atoms with Crippen LogP contribution in [0.5, 0.6) is 5.75 Å². The van der Waals surface area contributed by atoms with Gasteiger partial charge in [0, 0.05) is 34.5 Å². The van der Waals surface area contributed by atoms with Crippen LogP contribution in [0.1, 0.15) is 75.0 Å². The third-order valence-corrected chi connectivity index (χ3v) is 9.62. The van der Waals surface area contributed by atoms with Gasteiger partial charge in [-0.1, -0.05) is 60.7 Å². The van der Waals surface area contributed by atoms with E-state index in [1.807, 2.05) is 103 Å². The fraction of sp³-hybridized carbons (Fsp3) is 0.311. The molecule has 0 saturated carbocycles. The Hall–Kier alpha value is -6.21. The van der Waals surface area contributed by atoms with Gasteiger partial charge in [0.05, 0.1) is 18.3 Å². The Bertz CT molecular complexity index is 2240. The standard InChI is InChI=1S/C45H50N4O8S/c1-7-54-40(50)27-56-43(52)30(3)21-29(2)22-34-28-58-42(47-34)39(23-31-17-19-35(20-18-31)55-26-32-13-9-8-10-14-32)48-41(51)38(49-44(53)57-45(4,5)6)24-33-25-46-37-16-12-11-15-36(33)37/h8-22,25,28,38-39,46H,7,23-24,26-27H2,1-6H3,(H,48,51)(H,49,53)/b29-22+,30-21-/t38-,39-/m0/s1. The van der Waals surface area contributed by atoms with Crippen molar-refractivity contribution >= 4 is 52.3 Å². The van der Waals surface area contributed by atoms with Crippen molar-refractivity contribution in [2.24, 2.45) is 0 Å². The number of H-pyrrole nitrogens is 1. The Balaban J connectivity index is 1.39. The number of rotatable bonds is 17. The highest BCUT2D eigenvalue weighted by atomic mass is 32.1. The van der Waals surface area contributed by atoms with E-state index < -0.39 is 48.2 Å². The molecule has 2 heterocycles. The van der Waals surface area contributed by atoms with Gasteiger partial charge in [0.2, 0.25) is 5.91 Å². The number of alkyl carbamates (subject to hydrolysis) is 1. The first-order valence-corrected chi connectivity index (χ1v) is 19.9. The average molecular weight is 807 g/mol. The van der Waals surface area contributed by atoms with Crippen LogP contribution < -0.4 is 15.4 Å². The maximum absolute atomic E-state index is 14.3. The summed E-state index contributed by atoms with van der Waals surface area (Å²) in [5.41, 5.74) is 4.62. The summed E-state index contributed by atoms with van der Waals surface area (Å²) in [7, 11) is 0. The molecule has 0 bridgehead atoms. The molecule has 12 nitrogen and oxygen atoms in total. The summed E-state index contributed by atoms with van der Waals surface area (Å²) in [6.45, 7) is 10.5. The molecular weight excluding hydrogens is 757 g/mol. The second-order valence-corrected chi connectivity index (χ2v) is 15.5. The third-order valence-electron chi connectivity index (χ3n) is 8.64. The molecule has 0 aliphatic carbocycles. The van der Waals surface area contributed by atoms with E-state index in [-0.39, 0.29) is 13.0 Å². The Morgan fingerprint density at radius 2 is 1.60 bits per heavy atom. The third kappa shape index (κ3) is 13.2. The highest BCUT2D eigenvalue weighted by Gasteiger charge is 2.29. The van der Waals surface area contributed by atoms with E-state index >= 15 is 0 Å². The number of ether oxygens (including phenoxy) is 4. The number of thiazole rings is 1. The van der Waals surface area contributed by atoms with Gasteiger partial charge in [-0.15, -0.1) is 11.3 Å². The summed E-state index contributed by atoms with van der Waals surface area (Å²) >= 11 is 1.38. The Morgan fingerprint density at radius 3 is 2.33 bits per heavy atom. The van der Waals surface area contributed by atoms with Crippen LogP contribution in [0.25, 0.3) is 17.0 Å². The summed E-state index contributed by atoms with van der Waals surface area (Å²) in [5, 5.41) is 9.44. The summed E-state index contributed by atoms with van der Waals surface area (Å²) in [5.74, 6) is -0.961. The summed E-state index contributed by atoms with van der Waals surface area (Å²) in [6, 6.07) is 23.8. The molecule has 3 N–H and O–H groups in total. The number of fused-ring (bicyclic) bond motifs is 1. The number of nitrogens with zero attached hydrogens (tertiary/aromatic N) is 1. The number of amides is 2. The molecule has 58 heavy (non-hydrogen) atoms. The minimum Gasteiger partial charge on any atom is -0.489 e. The molecular formula is C45H50N4O8S. The van der Waals surface area contributed by atoms with E-state index in [9.17, 15) is 19.2 Å². The maximum Gasteiger partial charge on any atom is 0.408 e. The minimum atomic E-state index is -0.983. The van der Waals surface area contributed by atoms with Crippen molar-refractivity contribution in [3.8, 4) is 5.75 Å². The molecule has 0 unspecified atom stereocenters. The molecule has 304 valence electrons. The van der Waals surface area contributed by atoms with Crippen molar-refractivity contribution < 1.29 is 38.1 Å². The van der Waals surface area contributed by atoms with E-state index in [0.29, 0.717) is 35.1 Å². The van der Waals surface area contributed by atoms with Crippen LogP contribution in [0.15, 0.2) is 108 Å². The van der Waals surface area contributed by atoms with Crippen molar-refractivity contribution in [2.45, 2.75) is 78.7 Å². The summed E-state index contributed by atoms with van der Waals surface area (Å²) in [6.07, 6.45) is 5.18. The number of benzene rings is 3. The van der Waals surface area contributed by atoms with Crippen LogP contribution in [0.3, 0.4) is 0 Å². The predicted molar refractivity (Wildman–Crippen MR) is 224 cm³/mol. The number of allylic oxidation sites excluding steroid dienone is 2. The second kappa shape index (κ2) is 20.3. The quantitative estimate of drug-likeness (QED) is 0.0365. The molecule has 13 heteroatoms. The second-order valence-electron chi connectivity index (χ2n) is 14.7. The number of hydrogen-bond donors (Lipinski definition) is 3. The van der Waals surface area contributed by atoms with Crippen LogP contribution in [-0.4, -0.2) is 58.8 Å². The first kappa shape index (κ1) is 42.9. The van der Waals surface area contributed by atoms with E-state index in [0.717, 1.165) is 33.2 Å². The monoisotopic (exact) mass is 806 g/mol. The molecule has 0 saturated heterocycles. The predicted octanol–water partition coefficient (Wildman–Crippen LogP) is 8.20. The summed E-state index contributed by atoms with van der Waals surface area (Å²) in [4.78, 5) is 59.6. The zero-order chi connectivity index (χ0) is 41.7. The molecule has 0 spiro atoms. The molecule has 2 aromatic heterocycles. The number of esters is 2. The van der Waals surface area contributed by atoms with Crippen LogP contribution in [0.2, 0.25) is 0 Å². The van der Waals surface area contributed by atoms with Gasteiger partial charge in [-0.3, -0.25) is 4.79 Å². The highest BCUT2D eigenvalue weighted by Crippen LogP contribution is 2.26. The molecule has 5 aromatic rings. The van der Waals surface area contributed by atoms with E-state index in [2.05, 4.69) is 15.6 Å². The number of aromatic amines is 1. The smallest absolute Gasteiger partial charge is 0.408 e. The molecule has 5 rings (SSSR count). The first-order valence-electron chi connectivity index (χ1n) is 19.0. The van der Waals surface area contributed by atoms with Crippen LogP contribution in [0.4, 0.5) is 4.79 Å². The zero-order valence-corrected chi connectivity index (χ0v) is 34.4.